The molecule has 0 N–H and O–H groups in total. The van der Waals surface area contributed by atoms with Crippen molar-refractivity contribution in [2.45, 2.75) is 38.5 Å². The number of thioether (sulfide) groups is 1. The molecule has 2 heterocycles. The Labute approximate surface area is 181 Å². The number of carbonyl (C=O) groups excluding carboxylic acids is 1. The number of ether oxygens (including phenoxy) is 1. The lowest BCUT2D eigenvalue weighted by Gasteiger charge is -2.29. The first kappa shape index (κ1) is 20.5. The third-order valence-electron chi connectivity index (χ3n) is 5.36. The van der Waals surface area contributed by atoms with Crippen molar-refractivity contribution in [2.24, 2.45) is 7.05 Å². The summed E-state index contributed by atoms with van der Waals surface area (Å²) in [6.45, 7) is 5.17. The highest BCUT2D eigenvalue weighted by Crippen LogP contribution is 2.28. The number of hydrogen-bond donors (Lipinski definition) is 0. The molecule has 0 unspecified atom stereocenters. The fraction of sp³-hybridized carbons (Fsp3) is 0.348. The van der Waals surface area contributed by atoms with Crippen LogP contribution in [-0.2, 0) is 24.9 Å². The van der Waals surface area contributed by atoms with Crippen LogP contribution < -0.4 is 9.64 Å². The Balaban J connectivity index is 1.38. The van der Waals surface area contributed by atoms with Crippen LogP contribution in [0.5, 0.6) is 5.75 Å². The van der Waals surface area contributed by atoms with E-state index in [1.807, 2.05) is 60.7 Å². The Kier molecular flexibility index (Phi) is 6.08. The summed E-state index contributed by atoms with van der Waals surface area (Å²) >= 11 is 1.41. The highest BCUT2D eigenvalue weighted by atomic mass is 32.2. The van der Waals surface area contributed by atoms with Gasteiger partial charge in [0.2, 0.25) is 5.91 Å². The molecule has 0 atom stereocenters. The molecule has 7 heteroatoms. The molecule has 1 amide bonds. The first-order valence-corrected chi connectivity index (χ1v) is 11.1. The van der Waals surface area contributed by atoms with Crippen LogP contribution in [0.3, 0.4) is 0 Å². The summed E-state index contributed by atoms with van der Waals surface area (Å²) in [5.74, 6) is 2.02. The van der Waals surface area contributed by atoms with Gasteiger partial charge in [-0.25, -0.2) is 0 Å². The number of benzene rings is 2. The monoisotopic (exact) mass is 422 g/mol. The lowest BCUT2D eigenvalue weighted by molar-refractivity contribution is -0.116. The second-order valence-electron chi connectivity index (χ2n) is 7.58. The standard InChI is InChI=1S/C23H26N4O2S/c1-16-10-11-17(2)20(13-16)29-14-21-24-25-23(26(21)3)30-15-22(28)27-12-6-8-18-7-4-5-9-19(18)27/h4-5,7,9-11,13H,6,8,12,14-15H2,1-3H3. The van der Waals surface area contributed by atoms with Crippen LogP contribution in [0.1, 0.15) is 28.9 Å². The van der Waals surface area contributed by atoms with Crippen LogP contribution in [0.25, 0.3) is 0 Å². The Morgan fingerprint density at radius 2 is 2.00 bits per heavy atom. The predicted octanol–water partition coefficient (Wildman–Crippen LogP) is 4.08. The summed E-state index contributed by atoms with van der Waals surface area (Å²) in [6.07, 6.45) is 2.03. The molecule has 6 nitrogen and oxygen atoms in total. The lowest BCUT2D eigenvalue weighted by Crippen LogP contribution is -2.36. The van der Waals surface area contributed by atoms with E-state index in [0.29, 0.717) is 17.5 Å². The van der Waals surface area contributed by atoms with Crippen molar-refractivity contribution in [1.82, 2.24) is 14.8 Å². The quantitative estimate of drug-likeness (QED) is 0.560. The Bertz CT molecular complexity index is 1060. The molecule has 2 aromatic carbocycles. The van der Waals surface area contributed by atoms with Crippen molar-refractivity contribution < 1.29 is 9.53 Å². The van der Waals surface area contributed by atoms with Crippen molar-refractivity contribution >= 4 is 23.4 Å². The van der Waals surface area contributed by atoms with Gasteiger partial charge >= 0.3 is 0 Å². The summed E-state index contributed by atoms with van der Waals surface area (Å²) in [6, 6.07) is 14.3. The van der Waals surface area contributed by atoms with Gasteiger partial charge in [-0.1, -0.05) is 42.1 Å². The highest BCUT2D eigenvalue weighted by Gasteiger charge is 2.23. The molecule has 0 bridgehead atoms. The fourth-order valence-corrected chi connectivity index (χ4v) is 4.40. The van der Waals surface area contributed by atoms with Gasteiger partial charge in [0, 0.05) is 19.3 Å². The molecule has 1 aliphatic heterocycles. The van der Waals surface area contributed by atoms with E-state index in [1.165, 1.54) is 17.3 Å². The van der Waals surface area contributed by atoms with Gasteiger partial charge in [-0.15, -0.1) is 10.2 Å². The van der Waals surface area contributed by atoms with Crippen molar-refractivity contribution in [3.05, 3.63) is 65.0 Å². The zero-order valence-corrected chi connectivity index (χ0v) is 18.4. The van der Waals surface area contributed by atoms with Crippen molar-refractivity contribution in [2.75, 3.05) is 17.2 Å². The normalized spacial score (nSPS) is 13.2. The number of para-hydroxylation sites is 1. The van der Waals surface area contributed by atoms with E-state index in [2.05, 4.69) is 22.3 Å². The molecule has 0 radical (unpaired) electrons. The Morgan fingerprint density at radius 3 is 2.87 bits per heavy atom. The molecule has 0 spiro atoms. The molecule has 4 rings (SSSR count). The number of aryl methyl sites for hydroxylation is 3. The lowest BCUT2D eigenvalue weighted by atomic mass is 10.0. The molecule has 0 saturated heterocycles. The number of aromatic nitrogens is 3. The van der Waals surface area contributed by atoms with Crippen molar-refractivity contribution in [3.8, 4) is 5.75 Å². The van der Waals surface area contributed by atoms with Crippen LogP contribution in [0.15, 0.2) is 47.6 Å². The molecule has 1 aliphatic rings. The smallest absolute Gasteiger partial charge is 0.237 e. The molecule has 0 saturated carbocycles. The van der Waals surface area contributed by atoms with E-state index in [0.717, 1.165) is 47.8 Å². The summed E-state index contributed by atoms with van der Waals surface area (Å²) in [5, 5.41) is 9.22. The van der Waals surface area contributed by atoms with Gasteiger partial charge in [-0.05, 0) is 55.5 Å². The minimum absolute atomic E-state index is 0.100. The largest absolute Gasteiger partial charge is 0.485 e. The van der Waals surface area contributed by atoms with Gasteiger partial charge in [-0.2, -0.15) is 0 Å². The summed E-state index contributed by atoms with van der Waals surface area (Å²) in [4.78, 5) is 14.8. The van der Waals surface area contributed by atoms with E-state index < -0.39 is 0 Å². The average molecular weight is 423 g/mol. The second kappa shape index (κ2) is 8.92. The third kappa shape index (κ3) is 4.36. The van der Waals surface area contributed by atoms with E-state index in [4.69, 9.17) is 4.74 Å². The van der Waals surface area contributed by atoms with E-state index in [1.54, 1.807) is 0 Å². The zero-order valence-electron chi connectivity index (χ0n) is 17.6. The van der Waals surface area contributed by atoms with Gasteiger partial charge in [-0.3, -0.25) is 4.79 Å². The summed E-state index contributed by atoms with van der Waals surface area (Å²) < 4.78 is 7.85. The predicted molar refractivity (Wildman–Crippen MR) is 119 cm³/mol. The number of rotatable bonds is 6. The minimum Gasteiger partial charge on any atom is -0.485 e. The maximum Gasteiger partial charge on any atom is 0.237 e. The van der Waals surface area contributed by atoms with Crippen LogP contribution in [0.4, 0.5) is 5.69 Å². The van der Waals surface area contributed by atoms with Gasteiger partial charge in [0.05, 0.1) is 5.75 Å². The molecule has 1 aromatic heterocycles. The SMILES string of the molecule is Cc1ccc(C)c(OCc2nnc(SCC(=O)N3CCCc4ccccc43)n2C)c1. The number of carbonyl (C=O) groups is 1. The topological polar surface area (TPSA) is 60.3 Å². The average Bonchev–Trinajstić information content (AvgIpc) is 3.11. The molecule has 0 aliphatic carbocycles. The molecule has 3 aromatic rings. The maximum atomic E-state index is 12.9. The summed E-state index contributed by atoms with van der Waals surface area (Å²) in [7, 11) is 1.91. The first-order chi connectivity index (χ1) is 14.5. The molecule has 0 fully saturated rings. The first-order valence-electron chi connectivity index (χ1n) is 10.1. The number of hydrogen-bond acceptors (Lipinski definition) is 5. The Morgan fingerprint density at radius 1 is 1.17 bits per heavy atom. The van der Waals surface area contributed by atoms with Gasteiger partial charge in [0.15, 0.2) is 11.0 Å². The van der Waals surface area contributed by atoms with Gasteiger partial charge < -0.3 is 14.2 Å². The number of anilines is 1. The second-order valence-corrected chi connectivity index (χ2v) is 8.52. The van der Waals surface area contributed by atoms with Crippen molar-refractivity contribution in [1.29, 1.82) is 0 Å². The summed E-state index contributed by atoms with van der Waals surface area (Å²) in [5.41, 5.74) is 4.52. The zero-order chi connectivity index (χ0) is 21.1. The van der Waals surface area contributed by atoms with Gasteiger partial charge in [0.1, 0.15) is 12.4 Å². The van der Waals surface area contributed by atoms with Crippen LogP contribution >= 0.6 is 11.8 Å². The van der Waals surface area contributed by atoms with Crippen molar-refractivity contribution in [3.63, 3.8) is 0 Å². The van der Waals surface area contributed by atoms with Crippen LogP contribution in [0, 0.1) is 13.8 Å². The fourth-order valence-electron chi connectivity index (χ4n) is 3.60. The highest BCUT2D eigenvalue weighted by molar-refractivity contribution is 7.99. The molecule has 156 valence electrons. The number of fused-ring (bicyclic) bond motifs is 1. The van der Waals surface area contributed by atoms with Gasteiger partial charge in [0.25, 0.3) is 0 Å². The minimum atomic E-state index is 0.100. The number of nitrogens with zero attached hydrogens (tertiary/aromatic N) is 4. The number of amides is 1. The molecular formula is C23H26N4O2S. The molecule has 30 heavy (non-hydrogen) atoms. The third-order valence-corrected chi connectivity index (χ3v) is 6.37. The molecular weight excluding hydrogens is 396 g/mol. The van der Waals surface area contributed by atoms with E-state index >= 15 is 0 Å². The van der Waals surface area contributed by atoms with Crippen LogP contribution in [-0.4, -0.2) is 33.0 Å². The van der Waals surface area contributed by atoms with Crippen LogP contribution in [0.2, 0.25) is 0 Å². The van der Waals surface area contributed by atoms with E-state index in [-0.39, 0.29) is 5.91 Å². The van der Waals surface area contributed by atoms with E-state index in [9.17, 15) is 4.79 Å². The Hall–Kier alpha value is -2.80. The maximum absolute atomic E-state index is 12.9.